The van der Waals surface area contributed by atoms with Crippen LogP contribution in [0.1, 0.15) is 18.4 Å². The highest BCUT2D eigenvalue weighted by Crippen LogP contribution is 2.29. The first kappa shape index (κ1) is 10.8. The van der Waals surface area contributed by atoms with Crippen LogP contribution in [0.15, 0.2) is 12.1 Å². The second kappa shape index (κ2) is 4.27. The topological polar surface area (TPSA) is 26.0 Å². The molecule has 0 saturated carbocycles. The maximum absolute atomic E-state index is 13.1. The summed E-state index contributed by atoms with van der Waals surface area (Å²) in [6, 6.07) is 2.83. The normalized spacial score (nSPS) is 13.0. The Hall–Kier alpha value is -0.310. The summed E-state index contributed by atoms with van der Waals surface area (Å²) < 4.78 is 13.1. The van der Waals surface area contributed by atoms with E-state index in [0.717, 1.165) is 0 Å². The zero-order chi connectivity index (χ0) is 10.0. The number of rotatable bonds is 2. The van der Waals surface area contributed by atoms with Crippen LogP contribution in [0.2, 0.25) is 10.0 Å². The SMILES string of the molecule is CC(CN)c1cc(Cl)cc(F)c1Cl. The van der Waals surface area contributed by atoms with Gasteiger partial charge in [0.15, 0.2) is 0 Å². The standard InChI is InChI=1S/C9H10Cl2FN/c1-5(4-13)7-2-6(10)3-8(12)9(7)11/h2-3,5H,4,13H2,1H3. The lowest BCUT2D eigenvalue weighted by molar-refractivity contribution is 0.622. The van der Waals surface area contributed by atoms with Crippen LogP contribution in [-0.2, 0) is 0 Å². The molecule has 0 aliphatic heterocycles. The molecule has 2 N–H and O–H groups in total. The van der Waals surface area contributed by atoms with E-state index in [9.17, 15) is 4.39 Å². The molecule has 0 bridgehead atoms. The largest absolute Gasteiger partial charge is 0.330 e. The molecule has 0 amide bonds. The predicted molar refractivity (Wildman–Crippen MR) is 53.9 cm³/mol. The van der Waals surface area contributed by atoms with Gasteiger partial charge in [-0.05, 0) is 30.2 Å². The number of hydrogen-bond donors (Lipinski definition) is 1. The Morgan fingerprint density at radius 3 is 2.62 bits per heavy atom. The van der Waals surface area contributed by atoms with E-state index in [1.807, 2.05) is 6.92 Å². The van der Waals surface area contributed by atoms with Crippen LogP contribution >= 0.6 is 23.2 Å². The molecule has 0 saturated heterocycles. The molecule has 1 aromatic rings. The van der Waals surface area contributed by atoms with Gasteiger partial charge in [-0.25, -0.2) is 4.39 Å². The fraction of sp³-hybridized carbons (Fsp3) is 0.333. The van der Waals surface area contributed by atoms with E-state index < -0.39 is 5.82 Å². The molecule has 72 valence electrons. The second-order valence-corrected chi connectivity index (χ2v) is 3.74. The Balaban J connectivity index is 3.20. The lowest BCUT2D eigenvalue weighted by Crippen LogP contribution is -2.09. The van der Waals surface area contributed by atoms with Crippen LogP contribution in [0.3, 0.4) is 0 Å². The van der Waals surface area contributed by atoms with Crippen molar-refractivity contribution in [2.24, 2.45) is 5.73 Å². The molecule has 0 aliphatic carbocycles. The Kier molecular flexibility index (Phi) is 3.54. The summed E-state index contributed by atoms with van der Waals surface area (Å²) in [4.78, 5) is 0. The van der Waals surface area contributed by atoms with Gasteiger partial charge in [0.05, 0.1) is 5.02 Å². The highest BCUT2D eigenvalue weighted by molar-refractivity contribution is 6.33. The van der Waals surface area contributed by atoms with Gasteiger partial charge in [-0.1, -0.05) is 30.1 Å². The highest BCUT2D eigenvalue weighted by atomic mass is 35.5. The Morgan fingerprint density at radius 2 is 2.08 bits per heavy atom. The lowest BCUT2D eigenvalue weighted by Gasteiger charge is -2.11. The maximum atomic E-state index is 13.1. The van der Waals surface area contributed by atoms with Crippen LogP contribution in [0.5, 0.6) is 0 Å². The first-order valence-corrected chi connectivity index (χ1v) is 4.66. The van der Waals surface area contributed by atoms with Crippen LogP contribution in [0.4, 0.5) is 4.39 Å². The average Bonchev–Trinajstić information content (AvgIpc) is 2.10. The van der Waals surface area contributed by atoms with Gasteiger partial charge in [0.2, 0.25) is 0 Å². The van der Waals surface area contributed by atoms with Crippen molar-refractivity contribution >= 4 is 23.2 Å². The number of halogens is 3. The fourth-order valence-corrected chi connectivity index (χ4v) is 1.57. The second-order valence-electron chi connectivity index (χ2n) is 2.93. The Bertz CT molecular complexity index is 315. The van der Waals surface area contributed by atoms with Crippen LogP contribution in [0, 0.1) is 5.82 Å². The molecule has 13 heavy (non-hydrogen) atoms. The van der Waals surface area contributed by atoms with E-state index in [1.165, 1.54) is 6.07 Å². The minimum Gasteiger partial charge on any atom is -0.330 e. The van der Waals surface area contributed by atoms with Gasteiger partial charge in [0.25, 0.3) is 0 Å². The molecule has 1 nitrogen and oxygen atoms in total. The van der Waals surface area contributed by atoms with E-state index in [-0.39, 0.29) is 10.9 Å². The summed E-state index contributed by atoms with van der Waals surface area (Å²) in [7, 11) is 0. The predicted octanol–water partition coefficient (Wildman–Crippen LogP) is 3.19. The molecule has 0 radical (unpaired) electrons. The molecule has 1 aromatic carbocycles. The molecule has 1 atom stereocenters. The Morgan fingerprint density at radius 1 is 1.46 bits per heavy atom. The van der Waals surface area contributed by atoms with Crippen LogP contribution in [0.25, 0.3) is 0 Å². The lowest BCUT2D eigenvalue weighted by atomic mass is 10.0. The highest BCUT2D eigenvalue weighted by Gasteiger charge is 2.12. The first-order valence-electron chi connectivity index (χ1n) is 3.90. The van der Waals surface area contributed by atoms with Crippen molar-refractivity contribution in [3.8, 4) is 0 Å². The van der Waals surface area contributed by atoms with Crippen LogP contribution < -0.4 is 5.73 Å². The third kappa shape index (κ3) is 2.33. The van der Waals surface area contributed by atoms with Crippen molar-refractivity contribution < 1.29 is 4.39 Å². The summed E-state index contributed by atoms with van der Waals surface area (Å²) >= 11 is 11.4. The van der Waals surface area contributed by atoms with E-state index in [4.69, 9.17) is 28.9 Å². The molecule has 0 aromatic heterocycles. The van der Waals surface area contributed by atoms with Crippen molar-refractivity contribution in [3.05, 3.63) is 33.6 Å². The fourth-order valence-electron chi connectivity index (χ4n) is 1.06. The summed E-state index contributed by atoms with van der Waals surface area (Å²) in [5, 5.41) is 0.458. The number of hydrogen-bond acceptors (Lipinski definition) is 1. The molecule has 0 heterocycles. The van der Waals surface area contributed by atoms with Gasteiger partial charge in [0.1, 0.15) is 5.82 Å². The van der Waals surface area contributed by atoms with Crippen molar-refractivity contribution in [2.75, 3.05) is 6.54 Å². The minimum absolute atomic E-state index is 0.0145. The smallest absolute Gasteiger partial charge is 0.143 e. The number of nitrogens with two attached hydrogens (primary N) is 1. The first-order chi connectivity index (χ1) is 6.06. The maximum Gasteiger partial charge on any atom is 0.143 e. The third-order valence-electron chi connectivity index (χ3n) is 1.91. The summed E-state index contributed by atoms with van der Waals surface area (Å²) in [5.41, 5.74) is 6.11. The molecule has 0 fully saturated rings. The Labute approximate surface area is 86.6 Å². The van der Waals surface area contributed by atoms with E-state index >= 15 is 0 Å². The van der Waals surface area contributed by atoms with Crippen molar-refractivity contribution in [1.29, 1.82) is 0 Å². The van der Waals surface area contributed by atoms with Gasteiger partial charge >= 0.3 is 0 Å². The summed E-state index contributed by atoms with van der Waals surface area (Å²) in [6.45, 7) is 2.29. The van der Waals surface area contributed by atoms with Gasteiger partial charge < -0.3 is 5.73 Å². The molecule has 0 spiro atoms. The van der Waals surface area contributed by atoms with Crippen molar-refractivity contribution in [1.82, 2.24) is 0 Å². The minimum atomic E-state index is -0.496. The molecular weight excluding hydrogens is 212 g/mol. The van der Waals surface area contributed by atoms with Gasteiger partial charge in [0, 0.05) is 5.02 Å². The summed E-state index contributed by atoms with van der Waals surface area (Å²) in [5.74, 6) is -0.481. The van der Waals surface area contributed by atoms with Crippen LogP contribution in [-0.4, -0.2) is 6.54 Å². The third-order valence-corrected chi connectivity index (χ3v) is 2.52. The van der Waals surface area contributed by atoms with Gasteiger partial charge in [-0.3, -0.25) is 0 Å². The van der Waals surface area contributed by atoms with Crippen molar-refractivity contribution in [2.45, 2.75) is 12.8 Å². The van der Waals surface area contributed by atoms with Gasteiger partial charge in [-0.2, -0.15) is 0 Å². The molecule has 0 aliphatic rings. The zero-order valence-electron chi connectivity index (χ0n) is 7.15. The summed E-state index contributed by atoms with van der Waals surface area (Å²) in [6.07, 6.45) is 0. The zero-order valence-corrected chi connectivity index (χ0v) is 8.66. The van der Waals surface area contributed by atoms with Gasteiger partial charge in [-0.15, -0.1) is 0 Å². The van der Waals surface area contributed by atoms with Crippen molar-refractivity contribution in [3.63, 3.8) is 0 Å². The van der Waals surface area contributed by atoms with E-state index in [1.54, 1.807) is 6.07 Å². The molecule has 1 rings (SSSR count). The number of benzene rings is 1. The molecule has 1 unspecified atom stereocenters. The average molecular weight is 222 g/mol. The van der Waals surface area contributed by atoms with E-state index in [2.05, 4.69) is 0 Å². The van der Waals surface area contributed by atoms with E-state index in [0.29, 0.717) is 17.1 Å². The monoisotopic (exact) mass is 221 g/mol. The molecule has 4 heteroatoms. The molecular formula is C9H10Cl2FN. The quantitative estimate of drug-likeness (QED) is 0.764.